The van der Waals surface area contributed by atoms with Gasteiger partial charge in [0, 0.05) is 32.4 Å². The Hall–Kier alpha value is -3.36. The first-order chi connectivity index (χ1) is 17.4. The SMILES string of the molecule is O=C(C[C@H]1CC[C@@H](COc2cn[nH]c(=O)c2C(F)(F)F)O1)N1CCN(c2ccc(C(F)(F)F)cn2)CC1. The van der Waals surface area contributed by atoms with Gasteiger partial charge in [-0.05, 0) is 25.0 Å². The molecule has 2 aromatic rings. The number of carbonyl (C=O) groups is 1. The van der Waals surface area contributed by atoms with Gasteiger partial charge in [-0.3, -0.25) is 9.59 Å². The van der Waals surface area contributed by atoms with Gasteiger partial charge in [-0.1, -0.05) is 0 Å². The summed E-state index contributed by atoms with van der Waals surface area (Å²) in [6.45, 7) is 1.28. The molecule has 4 heterocycles. The van der Waals surface area contributed by atoms with Gasteiger partial charge in [0.15, 0.2) is 11.3 Å². The molecule has 0 saturated carbocycles. The fourth-order valence-corrected chi connectivity index (χ4v) is 4.24. The molecule has 1 N–H and O–H groups in total. The van der Waals surface area contributed by atoms with Gasteiger partial charge >= 0.3 is 12.4 Å². The molecule has 0 aliphatic carbocycles. The number of aromatic amines is 1. The van der Waals surface area contributed by atoms with E-state index in [2.05, 4.69) is 10.1 Å². The maximum absolute atomic E-state index is 13.1. The molecule has 4 rings (SSSR count). The van der Waals surface area contributed by atoms with E-state index in [1.807, 2.05) is 0 Å². The van der Waals surface area contributed by atoms with Gasteiger partial charge in [0.1, 0.15) is 12.4 Å². The maximum atomic E-state index is 13.1. The highest BCUT2D eigenvalue weighted by Gasteiger charge is 2.39. The van der Waals surface area contributed by atoms with Crippen molar-refractivity contribution < 1.29 is 40.6 Å². The zero-order valence-corrected chi connectivity index (χ0v) is 19.3. The van der Waals surface area contributed by atoms with Crippen LogP contribution in [0.3, 0.4) is 0 Å². The Balaban J connectivity index is 1.23. The lowest BCUT2D eigenvalue weighted by atomic mass is 10.1. The van der Waals surface area contributed by atoms with Crippen molar-refractivity contribution in [2.75, 3.05) is 37.7 Å². The molecule has 0 bridgehead atoms. The lowest BCUT2D eigenvalue weighted by Gasteiger charge is -2.36. The largest absolute Gasteiger partial charge is 0.488 e. The number of hydrogen-bond acceptors (Lipinski definition) is 7. The maximum Gasteiger partial charge on any atom is 0.425 e. The van der Waals surface area contributed by atoms with Crippen molar-refractivity contribution in [1.29, 1.82) is 0 Å². The summed E-state index contributed by atoms with van der Waals surface area (Å²) in [6.07, 6.45) is -7.76. The number of amides is 1. The normalized spacial score (nSPS) is 20.8. The first-order valence-corrected chi connectivity index (χ1v) is 11.4. The topological polar surface area (TPSA) is 101 Å². The van der Waals surface area contributed by atoms with Crippen molar-refractivity contribution in [2.24, 2.45) is 0 Å². The molecule has 2 aromatic heterocycles. The number of alkyl halides is 6. The number of rotatable bonds is 6. The lowest BCUT2D eigenvalue weighted by molar-refractivity contribution is -0.141. The van der Waals surface area contributed by atoms with Crippen LogP contribution in [0.5, 0.6) is 5.75 Å². The number of hydrogen-bond donors (Lipinski definition) is 1. The van der Waals surface area contributed by atoms with Crippen molar-refractivity contribution in [3.8, 4) is 5.75 Å². The smallest absolute Gasteiger partial charge is 0.425 e. The van der Waals surface area contributed by atoms with Crippen LogP contribution in [-0.2, 0) is 21.9 Å². The Kier molecular flexibility index (Phi) is 7.62. The molecule has 2 fully saturated rings. The number of piperazine rings is 1. The molecule has 2 atom stereocenters. The zero-order valence-electron chi connectivity index (χ0n) is 19.3. The molecule has 0 unspecified atom stereocenters. The van der Waals surface area contributed by atoms with Crippen LogP contribution >= 0.6 is 0 Å². The number of carbonyl (C=O) groups excluding carboxylic acids is 1. The monoisotopic (exact) mass is 535 g/mol. The quantitative estimate of drug-likeness (QED) is 0.568. The molecule has 202 valence electrons. The van der Waals surface area contributed by atoms with Crippen molar-refractivity contribution in [2.45, 2.75) is 43.8 Å². The summed E-state index contributed by atoms with van der Waals surface area (Å²) < 4.78 is 88.5. The second-order valence-corrected chi connectivity index (χ2v) is 8.68. The third kappa shape index (κ3) is 6.50. The first kappa shape index (κ1) is 26.7. The molecule has 2 aliphatic heterocycles. The van der Waals surface area contributed by atoms with Crippen LogP contribution < -0.4 is 15.2 Å². The zero-order chi connectivity index (χ0) is 26.8. The summed E-state index contributed by atoms with van der Waals surface area (Å²) in [5.41, 5.74) is -3.71. The van der Waals surface area contributed by atoms with Crippen LogP contribution in [0.4, 0.5) is 32.2 Å². The predicted octanol–water partition coefficient (Wildman–Crippen LogP) is 2.87. The molecular formula is C22H23F6N5O4. The van der Waals surface area contributed by atoms with E-state index in [0.717, 1.165) is 18.5 Å². The summed E-state index contributed by atoms with van der Waals surface area (Å²) in [5, 5.41) is 5.07. The Morgan fingerprint density at radius 2 is 1.73 bits per heavy atom. The van der Waals surface area contributed by atoms with E-state index < -0.39 is 47.0 Å². The third-order valence-corrected chi connectivity index (χ3v) is 6.16. The molecule has 0 aromatic carbocycles. The third-order valence-electron chi connectivity index (χ3n) is 6.16. The summed E-state index contributed by atoms with van der Waals surface area (Å²) in [7, 11) is 0. The minimum absolute atomic E-state index is 0.0788. The van der Waals surface area contributed by atoms with Crippen molar-refractivity contribution in [3.63, 3.8) is 0 Å². The fraction of sp³-hybridized carbons (Fsp3) is 0.545. The number of pyridine rings is 1. The van der Waals surface area contributed by atoms with E-state index in [-0.39, 0.29) is 18.9 Å². The Bertz CT molecular complexity index is 1150. The highest BCUT2D eigenvalue weighted by Crippen LogP contribution is 2.33. The van der Waals surface area contributed by atoms with E-state index in [0.29, 0.717) is 44.8 Å². The summed E-state index contributed by atoms with van der Waals surface area (Å²) in [6, 6.07) is 2.27. The molecule has 2 saturated heterocycles. The molecule has 2 aliphatic rings. The van der Waals surface area contributed by atoms with Gasteiger partial charge in [-0.25, -0.2) is 10.1 Å². The molecule has 37 heavy (non-hydrogen) atoms. The van der Waals surface area contributed by atoms with E-state index in [1.54, 1.807) is 14.9 Å². The minimum atomic E-state index is -4.91. The van der Waals surface area contributed by atoms with Crippen LogP contribution in [0.15, 0.2) is 29.3 Å². The fourth-order valence-electron chi connectivity index (χ4n) is 4.24. The van der Waals surface area contributed by atoms with E-state index in [9.17, 15) is 35.9 Å². The Morgan fingerprint density at radius 1 is 1.03 bits per heavy atom. The second-order valence-electron chi connectivity index (χ2n) is 8.68. The van der Waals surface area contributed by atoms with Crippen LogP contribution in [0.1, 0.15) is 30.4 Å². The molecule has 0 radical (unpaired) electrons. The Labute approximate surface area is 206 Å². The van der Waals surface area contributed by atoms with Gasteiger partial charge in [0.2, 0.25) is 5.91 Å². The van der Waals surface area contributed by atoms with E-state index in [1.165, 1.54) is 6.07 Å². The van der Waals surface area contributed by atoms with Gasteiger partial charge in [-0.15, -0.1) is 0 Å². The van der Waals surface area contributed by atoms with Crippen molar-refractivity contribution in [3.05, 3.63) is 46.0 Å². The summed E-state index contributed by atoms with van der Waals surface area (Å²) in [4.78, 5) is 31.5. The molecule has 15 heteroatoms. The van der Waals surface area contributed by atoms with Gasteiger partial charge in [0.25, 0.3) is 5.56 Å². The number of halogens is 6. The lowest BCUT2D eigenvalue weighted by Crippen LogP contribution is -2.49. The summed E-state index contributed by atoms with van der Waals surface area (Å²) in [5.74, 6) is -0.462. The van der Waals surface area contributed by atoms with Crippen LogP contribution in [-0.4, -0.2) is 71.0 Å². The highest BCUT2D eigenvalue weighted by molar-refractivity contribution is 5.77. The van der Waals surface area contributed by atoms with Gasteiger partial charge in [-0.2, -0.15) is 31.4 Å². The van der Waals surface area contributed by atoms with Crippen LogP contribution in [0.25, 0.3) is 0 Å². The molecule has 9 nitrogen and oxygen atoms in total. The molecular weight excluding hydrogens is 512 g/mol. The van der Waals surface area contributed by atoms with E-state index >= 15 is 0 Å². The van der Waals surface area contributed by atoms with Gasteiger partial charge in [0.05, 0.1) is 30.4 Å². The average molecular weight is 535 g/mol. The van der Waals surface area contributed by atoms with Gasteiger partial charge < -0.3 is 19.3 Å². The summed E-state index contributed by atoms with van der Waals surface area (Å²) >= 11 is 0. The Morgan fingerprint density at radius 3 is 2.35 bits per heavy atom. The van der Waals surface area contributed by atoms with Crippen molar-refractivity contribution in [1.82, 2.24) is 20.1 Å². The molecule has 1 amide bonds. The number of nitrogens with one attached hydrogen (secondary N) is 1. The highest BCUT2D eigenvalue weighted by atomic mass is 19.4. The predicted molar refractivity (Wildman–Crippen MR) is 116 cm³/mol. The molecule has 0 spiro atoms. The number of nitrogens with zero attached hydrogens (tertiary/aromatic N) is 4. The number of aromatic nitrogens is 3. The standard InChI is InChI=1S/C22H23F6N5O4/c23-21(24,25)13-1-4-17(29-10-13)32-5-7-33(8-6-32)18(34)9-14-2-3-15(37-14)12-36-16-11-30-31-20(35)19(16)22(26,27)28/h1,4,10-11,14-15H,2-3,5-9,12H2,(H,31,35)/t14-,15+/m1/s1. The average Bonchev–Trinajstić information content (AvgIpc) is 3.28. The van der Waals surface area contributed by atoms with Crippen molar-refractivity contribution >= 4 is 11.7 Å². The number of H-pyrrole nitrogens is 1. The number of ether oxygens (including phenoxy) is 2. The second kappa shape index (κ2) is 10.6. The first-order valence-electron chi connectivity index (χ1n) is 11.4. The van der Waals surface area contributed by atoms with Crippen LogP contribution in [0.2, 0.25) is 0 Å². The van der Waals surface area contributed by atoms with Crippen LogP contribution in [0, 0.1) is 0 Å². The number of anilines is 1. The van der Waals surface area contributed by atoms with E-state index in [4.69, 9.17) is 9.47 Å². The minimum Gasteiger partial charge on any atom is -0.488 e.